The summed E-state index contributed by atoms with van der Waals surface area (Å²) in [5, 5.41) is 13.1. The van der Waals surface area contributed by atoms with Crippen LogP contribution in [0.5, 0.6) is 0 Å². The van der Waals surface area contributed by atoms with Crippen LogP contribution >= 0.6 is 11.3 Å². The summed E-state index contributed by atoms with van der Waals surface area (Å²) in [6.45, 7) is 2.01. The summed E-state index contributed by atoms with van der Waals surface area (Å²) in [6, 6.07) is 0. The predicted octanol–water partition coefficient (Wildman–Crippen LogP) is 3.33. The lowest BCUT2D eigenvalue weighted by Crippen LogP contribution is -2.12. The number of aliphatic hydroxyl groups is 1. The van der Waals surface area contributed by atoms with Crippen LogP contribution in [0.25, 0.3) is 0 Å². The second kappa shape index (κ2) is 5.78. The van der Waals surface area contributed by atoms with Crippen LogP contribution in [0.3, 0.4) is 0 Å². The maximum atomic E-state index is 9.94. The molecule has 0 amide bonds. The van der Waals surface area contributed by atoms with Gasteiger partial charge >= 0.3 is 0 Å². The lowest BCUT2D eigenvalue weighted by atomic mass is 9.98. The molecule has 16 heavy (non-hydrogen) atoms. The minimum absolute atomic E-state index is 0.193. The van der Waals surface area contributed by atoms with Gasteiger partial charge in [-0.25, -0.2) is 4.98 Å². The van der Waals surface area contributed by atoms with Crippen molar-refractivity contribution in [2.24, 2.45) is 5.92 Å². The smallest absolute Gasteiger partial charge is 0.0897 e. The SMILES string of the molecule is Cc1nc(CC(O)CCC2CCCC2)cs1. The molecule has 1 aromatic rings. The van der Waals surface area contributed by atoms with Gasteiger partial charge in [0, 0.05) is 11.8 Å². The molecular formula is C13H21NOS. The fourth-order valence-electron chi connectivity index (χ4n) is 2.57. The van der Waals surface area contributed by atoms with Gasteiger partial charge < -0.3 is 5.11 Å². The van der Waals surface area contributed by atoms with Gasteiger partial charge in [0.25, 0.3) is 0 Å². The zero-order valence-electron chi connectivity index (χ0n) is 9.98. The number of hydrogen-bond donors (Lipinski definition) is 1. The van der Waals surface area contributed by atoms with Crippen LogP contribution in [0.4, 0.5) is 0 Å². The molecule has 1 heterocycles. The van der Waals surface area contributed by atoms with E-state index in [4.69, 9.17) is 0 Å². The van der Waals surface area contributed by atoms with Crippen LogP contribution in [0, 0.1) is 12.8 Å². The van der Waals surface area contributed by atoms with E-state index in [9.17, 15) is 5.11 Å². The van der Waals surface area contributed by atoms with E-state index >= 15 is 0 Å². The van der Waals surface area contributed by atoms with E-state index in [0.29, 0.717) is 0 Å². The molecule has 1 aliphatic rings. The van der Waals surface area contributed by atoms with Crippen molar-refractivity contribution >= 4 is 11.3 Å². The Kier molecular flexibility index (Phi) is 4.36. The van der Waals surface area contributed by atoms with E-state index < -0.39 is 0 Å². The molecule has 90 valence electrons. The topological polar surface area (TPSA) is 33.1 Å². The molecule has 2 rings (SSSR count). The average Bonchev–Trinajstić information content (AvgIpc) is 2.87. The Hall–Kier alpha value is -0.410. The Morgan fingerprint density at radius 2 is 2.25 bits per heavy atom. The molecule has 0 radical (unpaired) electrons. The fourth-order valence-corrected chi connectivity index (χ4v) is 3.20. The Morgan fingerprint density at radius 3 is 2.88 bits per heavy atom. The van der Waals surface area contributed by atoms with Crippen LogP contribution in [-0.4, -0.2) is 16.2 Å². The Morgan fingerprint density at radius 1 is 1.50 bits per heavy atom. The number of hydrogen-bond acceptors (Lipinski definition) is 3. The number of nitrogens with zero attached hydrogens (tertiary/aromatic N) is 1. The van der Waals surface area contributed by atoms with E-state index in [-0.39, 0.29) is 6.10 Å². The molecule has 0 spiro atoms. The zero-order valence-corrected chi connectivity index (χ0v) is 10.8. The van der Waals surface area contributed by atoms with Crippen molar-refractivity contribution in [3.05, 3.63) is 16.1 Å². The number of aromatic nitrogens is 1. The lowest BCUT2D eigenvalue weighted by molar-refractivity contribution is 0.154. The molecule has 1 N–H and O–H groups in total. The fraction of sp³-hybridized carbons (Fsp3) is 0.769. The van der Waals surface area contributed by atoms with Crippen molar-refractivity contribution in [1.29, 1.82) is 0 Å². The molecule has 1 unspecified atom stereocenters. The highest BCUT2D eigenvalue weighted by Gasteiger charge is 2.16. The third kappa shape index (κ3) is 3.56. The molecule has 0 saturated heterocycles. The first-order valence-electron chi connectivity index (χ1n) is 6.33. The molecule has 1 fully saturated rings. The Bertz CT molecular complexity index is 317. The number of aryl methyl sites for hydroxylation is 1. The third-order valence-corrected chi connectivity index (χ3v) is 4.32. The maximum absolute atomic E-state index is 9.94. The highest BCUT2D eigenvalue weighted by Crippen LogP contribution is 2.29. The molecular weight excluding hydrogens is 218 g/mol. The lowest BCUT2D eigenvalue weighted by Gasteiger charge is -2.12. The van der Waals surface area contributed by atoms with Gasteiger partial charge in [-0.2, -0.15) is 0 Å². The van der Waals surface area contributed by atoms with Crippen LogP contribution in [0.2, 0.25) is 0 Å². The number of rotatable bonds is 5. The summed E-state index contributed by atoms with van der Waals surface area (Å²) < 4.78 is 0. The molecule has 0 aliphatic heterocycles. The van der Waals surface area contributed by atoms with E-state index in [1.54, 1.807) is 11.3 Å². The number of thiazole rings is 1. The normalized spacial score (nSPS) is 19.1. The van der Waals surface area contributed by atoms with Crippen molar-refractivity contribution in [3.8, 4) is 0 Å². The quantitative estimate of drug-likeness (QED) is 0.855. The van der Waals surface area contributed by atoms with E-state index in [1.165, 1.54) is 32.1 Å². The van der Waals surface area contributed by atoms with Gasteiger partial charge in [-0.05, 0) is 25.7 Å². The van der Waals surface area contributed by atoms with Gasteiger partial charge in [-0.1, -0.05) is 25.7 Å². The molecule has 0 aromatic carbocycles. The highest BCUT2D eigenvalue weighted by atomic mass is 32.1. The molecule has 1 atom stereocenters. The maximum Gasteiger partial charge on any atom is 0.0897 e. The summed E-state index contributed by atoms with van der Waals surface area (Å²) in [5.41, 5.74) is 1.06. The van der Waals surface area contributed by atoms with Gasteiger partial charge in [0.15, 0.2) is 0 Å². The van der Waals surface area contributed by atoms with Crippen LogP contribution in [0.1, 0.15) is 49.2 Å². The molecule has 1 saturated carbocycles. The van der Waals surface area contributed by atoms with E-state index in [2.05, 4.69) is 10.4 Å². The standard InChI is InChI=1S/C13H21NOS/c1-10-14-12(9-16-10)8-13(15)7-6-11-4-2-3-5-11/h9,11,13,15H,2-8H2,1H3. The summed E-state index contributed by atoms with van der Waals surface area (Å²) in [5.74, 6) is 0.881. The monoisotopic (exact) mass is 239 g/mol. The van der Waals surface area contributed by atoms with Crippen molar-refractivity contribution < 1.29 is 5.11 Å². The van der Waals surface area contributed by atoms with Crippen LogP contribution in [-0.2, 0) is 6.42 Å². The Balaban J connectivity index is 1.69. The Labute approximate surface area is 102 Å². The van der Waals surface area contributed by atoms with Gasteiger partial charge in [-0.3, -0.25) is 0 Å². The first-order valence-corrected chi connectivity index (χ1v) is 7.21. The van der Waals surface area contributed by atoms with Gasteiger partial charge in [0.1, 0.15) is 0 Å². The predicted molar refractivity (Wildman–Crippen MR) is 67.8 cm³/mol. The third-order valence-electron chi connectivity index (χ3n) is 3.49. The average molecular weight is 239 g/mol. The van der Waals surface area contributed by atoms with Gasteiger partial charge in [0.05, 0.1) is 16.8 Å². The number of aliphatic hydroxyl groups excluding tert-OH is 1. The van der Waals surface area contributed by atoms with Crippen molar-refractivity contribution in [3.63, 3.8) is 0 Å². The van der Waals surface area contributed by atoms with Crippen molar-refractivity contribution in [2.75, 3.05) is 0 Å². The zero-order chi connectivity index (χ0) is 11.4. The summed E-state index contributed by atoms with van der Waals surface area (Å²) in [4.78, 5) is 4.39. The first-order chi connectivity index (χ1) is 7.74. The summed E-state index contributed by atoms with van der Waals surface area (Å²) in [7, 11) is 0. The minimum atomic E-state index is -0.193. The molecule has 2 nitrogen and oxygen atoms in total. The first kappa shape index (κ1) is 12.1. The summed E-state index contributed by atoms with van der Waals surface area (Å²) >= 11 is 1.67. The molecule has 0 bridgehead atoms. The van der Waals surface area contributed by atoms with Crippen LogP contribution in [0.15, 0.2) is 5.38 Å². The highest BCUT2D eigenvalue weighted by molar-refractivity contribution is 7.09. The van der Waals surface area contributed by atoms with Crippen molar-refractivity contribution in [1.82, 2.24) is 4.98 Å². The van der Waals surface area contributed by atoms with Crippen molar-refractivity contribution in [2.45, 2.75) is 58.0 Å². The molecule has 1 aliphatic carbocycles. The summed E-state index contributed by atoms with van der Waals surface area (Å²) in [6.07, 6.45) is 8.23. The van der Waals surface area contributed by atoms with E-state index in [0.717, 1.165) is 29.5 Å². The van der Waals surface area contributed by atoms with Gasteiger partial charge in [-0.15, -0.1) is 11.3 Å². The van der Waals surface area contributed by atoms with E-state index in [1.807, 2.05) is 6.92 Å². The largest absolute Gasteiger partial charge is 0.393 e. The second-order valence-electron chi connectivity index (χ2n) is 4.94. The second-order valence-corrected chi connectivity index (χ2v) is 6.01. The van der Waals surface area contributed by atoms with Crippen LogP contribution < -0.4 is 0 Å². The molecule has 3 heteroatoms. The van der Waals surface area contributed by atoms with Gasteiger partial charge in [0.2, 0.25) is 0 Å². The minimum Gasteiger partial charge on any atom is -0.393 e. The molecule has 1 aromatic heterocycles.